The van der Waals surface area contributed by atoms with E-state index in [0.717, 1.165) is 0 Å². The summed E-state index contributed by atoms with van der Waals surface area (Å²) in [7, 11) is 0. The van der Waals surface area contributed by atoms with Crippen molar-refractivity contribution in [3.8, 4) is 0 Å². The van der Waals surface area contributed by atoms with E-state index in [1.807, 2.05) is 0 Å². The van der Waals surface area contributed by atoms with Crippen LogP contribution in [0, 0.1) is 0 Å². The molecule has 0 bridgehead atoms. The fraction of sp³-hybridized carbons (Fsp3) is 1.00. The molecule has 0 aromatic heterocycles. The van der Waals surface area contributed by atoms with Gasteiger partial charge in [-0.1, -0.05) is 15.9 Å². The van der Waals surface area contributed by atoms with E-state index in [2.05, 4.69) is 15.9 Å². The van der Waals surface area contributed by atoms with Crippen molar-refractivity contribution in [3.63, 3.8) is 0 Å². The highest BCUT2D eigenvalue weighted by molar-refractivity contribution is 9.09. The van der Waals surface area contributed by atoms with E-state index in [4.69, 9.17) is 19.3 Å². The van der Waals surface area contributed by atoms with E-state index in [0.29, 0.717) is 0 Å². The minimum atomic E-state index is -1.65. The number of hydrogen-bond acceptors (Lipinski definition) is 10. The van der Waals surface area contributed by atoms with Crippen LogP contribution in [0.4, 0.5) is 0 Å². The third-order valence-corrected chi connectivity index (χ3v) is 4.93. The molecule has 0 aromatic rings. The van der Waals surface area contributed by atoms with Crippen molar-refractivity contribution in [3.05, 3.63) is 0 Å². The molecule has 2 saturated heterocycles. The van der Waals surface area contributed by atoms with Crippen LogP contribution in [-0.4, -0.2) is 109 Å². The van der Waals surface area contributed by atoms with Crippen molar-refractivity contribution in [1.29, 1.82) is 0 Å². The van der Waals surface area contributed by atoms with Crippen molar-refractivity contribution < 1.29 is 50.0 Å². The Kier molecular flexibility index (Phi) is 6.73. The monoisotopic (exact) mass is 404 g/mol. The topological polar surface area (TPSA) is 169 Å². The van der Waals surface area contributed by atoms with E-state index in [9.17, 15) is 30.6 Å². The molecule has 0 saturated carbocycles. The molecule has 11 heteroatoms. The van der Waals surface area contributed by atoms with Gasteiger partial charge in [0.25, 0.3) is 0 Å². The first-order valence-corrected chi connectivity index (χ1v) is 7.95. The molecule has 23 heavy (non-hydrogen) atoms. The fourth-order valence-electron chi connectivity index (χ4n) is 2.55. The first kappa shape index (κ1) is 19.4. The van der Waals surface area contributed by atoms with E-state index in [1.54, 1.807) is 0 Å². The van der Waals surface area contributed by atoms with Crippen LogP contribution in [0.3, 0.4) is 0 Å². The van der Waals surface area contributed by atoms with Gasteiger partial charge in [-0.25, -0.2) is 0 Å². The minimum Gasteiger partial charge on any atom is -0.394 e. The number of aliphatic hydroxyl groups excluding tert-OH is 7. The summed E-state index contributed by atoms with van der Waals surface area (Å²) in [4.78, 5) is -0.916. The van der Waals surface area contributed by atoms with Gasteiger partial charge in [0.2, 0.25) is 0 Å². The summed E-state index contributed by atoms with van der Waals surface area (Å²) in [5, 5.41) is 67.5. The lowest BCUT2D eigenvalue weighted by Gasteiger charge is -2.45. The maximum Gasteiger partial charge on any atom is 0.187 e. The zero-order valence-corrected chi connectivity index (χ0v) is 13.5. The van der Waals surface area contributed by atoms with Gasteiger partial charge in [0, 0.05) is 0 Å². The van der Waals surface area contributed by atoms with Crippen LogP contribution < -0.4 is 0 Å². The molecule has 2 rings (SSSR count). The minimum absolute atomic E-state index is 0.587. The van der Waals surface area contributed by atoms with Gasteiger partial charge in [0.05, 0.1) is 18.0 Å². The second kappa shape index (κ2) is 7.97. The average molecular weight is 405 g/mol. The van der Waals surface area contributed by atoms with E-state index in [1.165, 1.54) is 0 Å². The largest absolute Gasteiger partial charge is 0.394 e. The third kappa shape index (κ3) is 3.85. The number of halogens is 1. The summed E-state index contributed by atoms with van der Waals surface area (Å²) in [5.74, 6) is 0. The van der Waals surface area contributed by atoms with Crippen molar-refractivity contribution >= 4 is 15.9 Å². The van der Waals surface area contributed by atoms with Crippen molar-refractivity contribution in [2.24, 2.45) is 0 Å². The van der Waals surface area contributed by atoms with Crippen LogP contribution in [0.25, 0.3) is 0 Å². The molecule has 2 aliphatic rings. The summed E-state index contributed by atoms with van der Waals surface area (Å²) in [6, 6.07) is 0. The highest BCUT2D eigenvalue weighted by Crippen LogP contribution is 2.30. The molecule has 4 unspecified atom stereocenters. The Morgan fingerprint density at radius 3 is 1.96 bits per heavy atom. The molecule has 10 nitrogen and oxygen atoms in total. The summed E-state index contributed by atoms with van der Waals surface area (Å²) in [6.45, 7) is -1.21. The SMILES string of the molecule is OCC1OC(O[C@H]2C(CO)OC(O)[C@H](Br)[C@H]2O)[C@H](O)[C@@H](O)[C@H]1O. The van der Waals surface area contributed by atoms with E-state index >= 15 is 0 Å². The molecular formula is C12H21BrO10. The third-order valence-electron chi connectivity index (χ3n) is 3.94. The summed E-state index contributed by atoms with van der Waals surface area (Å²) in [6.07, 6.45) is -12.5. The summed E-state index contributed by atoms with van der Waals surface area (Å²) >= 11 is 3.02. The molecule has 0 aromatic carbocycles. The Balaban J connectivity index is 2.11. The standard InChI is InChI=1S/C12H21BrO10/c13-5-7(17)10(4(2-15)21-11(5)20)23-12-9(19)8(18)6(16)3(1-14)22-12/h3-12,14-20H,1-2H2/t3?,4?,5-,6+,7-,8+,9-,10+,11?,12?/m1/s1. The molecule has 0 spiro atoms. The van der Waals surface area contributed by atoms with Gasteiger partial charge in [-0.05, 0) is 0 Å². The highest BCUT2D eigenvalue weighted by Gasteiger charge is 2.49. The predicted octanol–water partition coefficient (Wildman–Crippen LogP) is -3.99. The first-order chi connectivity index (χ1) is 10.8. The van der Waals surface area contributed by atoms with Gasteiger partial charge in [-0.3, -0.25) is 0 Å². The zero-order chi connectivity index (χ0) is 17.3. The lowest BCUT2D eigenvalue weighted by molar-refractivity contribution is -0.340. The number of aliphatic hydroxyl groups is 7. The maximum atomic E-state index is 10.1. The number of alkyl halides is 1. The van der Waals surface area contributed by atoms with Gasteiger partial charge < -0.3 is 50.0 Å². The smallest absolute Gasteiger partial charge is 0.187 e. The van der Waals surface area contributed by atoms with Gasteiger partial charge in [-0.15, -0.1) is 0 Å². The molecule has 0 amide bonds. The van der Waals surface area contributed by atoms with Gasteiger partial charge in [0.15, 0.2) is 12.6 Å². The van der Waals surface area contributed by atoms with Crippen molar-refractivity contribution in [2.75, 3.05) is 13.2 Å². The Hall–Kier alpha value is 0.0800. The van der Waals surface area contributed by atoms with Gasteiger partial charge in [0.1, 0.15) is 42.7 Å². The van der Waals surface area contributed by atoms with Gasteiger partial charge >= 0.3 is 0 Å². The summed E-state index contributed by atoms with van der Waals surface area (Å²) in [5.41, 5.74) is 0. The molecular weight excluding hydrogens is 384 g/mol. The van der Waals surface area contributed by atoms with E-state index in [-0.39, 0.29) is 0 Å². The zero-order valence-electron chi connectivity index (χ0n) is 11.9. The Bertz CT molecular complexity index is 383. The quantitative estimate of drug-likeness (QED) is 0.229. The van der Waals surface area contributed by atoms with Gasteiger partial charge in [-0.2, -0.15) is 0 Å². The van der Waals surface area contributed by atoms with E-state index < -0.39 is 73.3 Å². The molecule has 2 aliphatic heterocycles. The number of ether oxygens (including phenoxy) is 3. The van der Waals surface area contributed by atoms with Crippen molar-refractivity contribution in [1.82, 2.24) is 0 Å². The Labute approximate surface area is 140 Å². The molecule has 136 valence electrons. The van der Waals surface area contributed by atoms with Crippen LogP contribution in [0.5, 0.6) is 0 Å². The normalized spacial score (nSPS) is 51.7. The highest BCUT2D eigenvalue weighted by atomic mass is 79.9. The van der Waals surface area contributed by atoms with Crippen LogP contribution in [-0.2, 0) is 14.2 Å². The predicted molar refractivity (Wildman–Crippen MR) is 75.3 cm³/mol. The maximum absolute atomic E-state index is 10.1. The second-order valence-electron chi connectivity index (χ2n) is 5.48. The molecule has 0 aliphatic carbocycles. The van der Waals surface area contributed by atoms with Crippen LogP contribution >= 0.6 is 15.9 Å². The number of hydrogen-bond donors (Lipinski definition) is 7. The lowest BCUT2D eigenvalue weighted by atomic mass is 9.98. The molecule has 0 radical (unpaired) electrons. The molecule has 2 heterocycles. The van der Waals surface area contributed by atoms with Crippen LogP contribution in [0.1, 0.15) is 0 Å². The Morgan fingerprint density at radius 1 is 0.783 bits per heavy atom. The van der Waals surface area contributed by atoms with Crippen LogP contribution in [0.2, 0.25) is 0 Å². The second-order valence-corrected chi connectivity index (χ2v) is 6.54. The first-order valence-electron chi connectivity index (χ1n) is 7.04. The fourth-order valence-corrected chi connectivity index (χ4v) is 2.98. The number of rotatable bonds is 4. The Morgan fingerprint density at radius 2 is 1.39 bits per heavy atom. The molecule has 2 fully saturated rings. The van der Waals surface area contributed by atoms with Crippen molar-refractivity contribution in [2.45, 2.75) is 60.1 Å². The molecule has 7 N–H and O–H groups in total. The summed E-state index contributed by atoms with van der Waals surface area (Å²) < 4.78 is 15.7. The average Bonchev–Trinajstić information content (AvgIpc) is 2.55. The molecule has 10 atom stereocenters. The van der Waals surface area contributed by atoms with Crippen LogP contribution in [0.15, 0.2) is 0 Å². The lowest BCUT2D eigenvalue weighted by Crippen LogP contribution is -2.63.